The van der Waals surface area contributed by atoms with Gasteiger partial charge in [-0.25, -0.2) is 4.98 Å². The second-order valence-electron chi connectivity index (χ2n) is 3.07. The molecule has 3 nitrogen and oxygen atoms in total. The Morgan fingerprint density at radius 1 is 1.36 bits per heavy atom. The molecule has 0 aromatic carbocycles. The molecule has 4 heteroatoms. The van der Waals surface area contributed by atoms with Crippen LogP contribution in [0.2, 0.25) is 0 Å². The van der Waals surface area contributed by atoms with Crippen molar-refractivity contribution in [1.82, 2.24) is 10.3 Å². The third kappa shape index (κ3) is 2.96. The van der Waals surface area contributed by atoms with Crippen LogP contribution in [0.3, 0.4) is 0 Å². The van der Waals surface area contributed by atoms with Crippen molar-refractivity contribution in [3.8, 4) is 0 Å². The minimum Gasteiger partial charge on any atom is -0.349 e. The summed E-state index contributed by atoms with van der Waals surface area (Å²) in [6.07, 6.45) is 0. The van der Waals surface area contributed by atoms with Crippen molar-refractivity contribution in [2.45, 2.75) is 27.3 Å². The molecule has 14 heavy (non-hydrogen) atoms. The molecule has 0 bridgehead atoms. The fraction of sp³-hybridized carbons (Fsp3) is 0.700. The van der Waals surface area contributed by atoms with Crippen molar-refractivity contribution in [3.63, 3.8) is 0 Å². The molecule has 0 aliphatic carbocycles. The molecule has 1 aromatic rings. The van der Waals surface area contributed by atoms with Gasteiger partial charge < -0.3 is 10.2 Å². The largest absolute Gasteiger partial charge is 0.349 e. The fourth-order valence-electron chi connectivity index (χ4n) is 1.27. The Labute approximate surface area is 90.2 Å². The molecule has 0 radical (unpaired) electrons. The van der Waals surface area contributed by atoms with Crippen LogP contribution in [-0.4, -0.2) is 24.6 Å². The van der Waals surface area contributed by atoms with Gasteiger partial charge >= 0.3 is 0 Å². The van der Waals surface area contributed by atoms with E-state index in [1.807, 2.05) is 0 Å². The monoisotopic (exact) mass is 213 g/mol. The van der Waals surface area contributed by atoms with E-state index in [-0.39, 0.29) is 0 Å². The van der Waals surface area contributed by atoms with Crippen LogP contribution in [0, 0.1) is 0 Å². The van der Waals surface area contributed by atoms with E-state index < -0.39 is 0 Å². The number of aromatic nitrogens is 1. The van der Waals surface area contributed by atoms with E-state index >= 15 is 0 Å². The molecule has 1 heterocycles. The lowest BCUT2D eigenvalue weighted by Gasteiger charge is -2.16. The summed E-state index contributed by atoms with van der Waals surface area (Å²) in [5.41, 5.74) is 1.15. The Morgan fingerprint density at radius 2 is 2.07 bits per heavy atom. The lowest BCUT2D eigenvalue weighted by Crippen LogP contribution is -2.21. The van der Waals surface area contributed by atoms with Crippen molar-refractivity contribution in [3.05, 3.63) is 11.1 Å². The summed E-state index contributed by atoms with van der Waals surface area (Å²) in [4.78, 5) is 6.85. The summed E-state index contributed by atoms with van der Waals surface area (Å²) in [5.74, 6) is 0. The first-order valence-electron chi connectivity index (χ1n) is 5.21. The van der Waals surface area contributed by atoms with Gasteiger partial charge in [0.15, 0.2) is 5.13 Å². The van der Waals surface area contributed by atoms with Gasteiger partial charge in [-0.2, -0.15) is 0 Å². The molecule has 0 spiro atoms. The van der Waals surface area contributed by atoms with Gasteiger partial charge in [0.05, 0.1) is 5.69 Å². The molecule has 0 unspecified atom stereocenters. The molecule has 0 amide bonds. The smallest absolute Gasteiger partial charge is 0.185 e. The molecule has 0 fully saturated rings. The van der Waals surface area contributed by atoms with Gasteiger partial charge in [0.25, 0.3) is 0 Å². The third-order valence-electron chi connectivity index (χ3n) is 2.13. The number of thiazole rings is 1. The van der Waals surface area contributed by atoms with Crippen LogP contribution in [-0.2, 0) is 6.54 Å². The zero-order valence-corrected chi connectivity index (χ0v) is 10.0. The molecule has 0 saturated carbocycles. The topological polar surface area (TPSA) is 28.2 Å². The molecule has 1 aromatic heterocycles. The SMILES string of the molecule is CCNCc1csc(N(CC)CC)n1. The molecule has 1 rings (SSSR count). The first-order valence-corrected chi connectivity index (χ1v) is 6.09. The van der Waals surface area contributed by atoms with Crippen LogP contribution in [0.25, 0.3) is 0 Å². The van der Waals surface area contributed by atoms with Crippen LogP contribution in [0.1, 0.15) is 26.5 Å². The van der Waals surface area contributed by atoms with Gasteiger partial charge in [-0.3, -0.25) is 0 Å². The lowest BCUT2D eigenvalue weighted by molar-refractivity contribution is 0.712. The maximum atomic E-state index is 4.57. The molecule has 0 atom stereocenters. The van der Waals surface area contributed by atoms with Gasteiger partial charge in [0.2, 0.25) is 0 Å². The third-order valence-corrected chi connectivity index (χ3v) is 3.08. The lowest BCUT2D eigenvalue weighted by atomic mass is 10.5. The van der Waals surface area contributed by atoms with Crippen LogP contribution in [0.4, 0.5) is 5.13 Å². The normalized spacial score (nSPS) is 10.5. The maximum absolute atomic E-state index is 4.57. The molecular formula is C10H19N3S. The molecule has 0 aliphatic heterocycles. The maximum Gasteiger partial charge on any atom is 0.185 e. The fourth-order valence-corrected chi connectivity index (χ4v) is 2.22. The molecule has 0 aliphatic rings. The number of nitrogens with zero attached hydrogens (tertiary/aromatic N) is 2. The Hall–Kier alpha value is -0.610. The molecule has 80 valence electrons. The zero-order valence-electron chi connectivity index (χ0n) is 9.21. The standard InChI is InChI=1S/C10H19N3S/c1-4-11-7-9-8-14-10(12-9)13(5-2)6-3/h8,11H,4-7H2,1-3H3. The highest BCUT2D eigenvalue weighted by Crippen LogP contribution is 2.19. The molecular weight excluding hydrogens is 194 g/mol. The summed E-state index contributed by atoms with van der Waals surface area (Å²) in [6.45, 7) is 10.4. The van der Waals surface area contributed by atoms with E-state index in [4.69, 9.17) is 0 Å². The Kier molecular flexibility index (Phi) is 4.90. The van der Waals surface area contributed by atoms with Gasteiger partial charge in [-0.05, 0) is 20.4 Å². The van der Waals surface area contributed by atoms with E-state index in [2.05, 4.69) is 41.4 Å². The minimum atomic E-state index is 0.883. The van der Waals surface area contributed by atoms with E-state index in [0.29, 0.717) is 0 Å². The Balaban J connectivity index is 2.57. The number of nitrogens with one attached hydrogen (secondary N) is 1. The van der Waals surface area contributed by atoms with Gasteiger partial charge in [-0.1, -0.05) is 6.92 Å². The highest BCUT2D eigenvalue weighted by Gasteiger charge is 2.06. The summed E-state index contributed by atoms with van der Waals surface area (Å²) in [5, 5.41) is 6.56. The molecule has 1 N–H and O–H groups in total. The van der Waals surface area contributed by atoms with E-state index in [1.54, 1.807) is 11.3 Å². The summed E-state index contributed by atoms with van der Waals surface area (Å²) in [6, 6.07) is 0. The number of hydrogen-bond acceptors (Lipinski definition) is 4. The number of hydrogen-bond donors (Lipinski definition) is 1. The van der Waals surface area contributed by atoms with Crippen LogP contribution in [0.15, 0.2) is 5.38 Å². The van der Waals surface area contributed by atoms with E-state index in [0.717, 1.165) is 37.0 Å². The number of anilines is 1. The van der Waals surface area contributed by atoms with Crippen molar-refractivity contribution >= 4 is 16.5 Å². The highest BCUT2D eigenvalue weighted by atomic mass is 32.1. The van der Waals surface area contributed by atoms with E-state index in [1.165, 1.54) is 0 Å². The van der Waals surface area contributed by atoms with Crippen LogP contribution in [0.5, 0.6) is 0 Å². The van der Waals surface area contributed by atoms with Crippen molar-refractivity contribution < 1.29 is 0 Å². The van der Waals surface area contributed by atoms with Gasteiger partial charge in [-0.15, -0.1) is 11.3 Å². The summed E-state index contributed by atoms with van der Waals surface area (Å²) < 4.78 is 0. The first kappa shape index (κ1) is 11.5. The number of rotatable bonds is 6. The second kappa shape index (κ2) is 5.98. The average Bonchev–Trinajstić information content (AvgIpc) is 2.65. The Bertz CT molecular complexity index is 256. The predicted molar refractivity (Wildman–Crippen MR) is 63.1 cm³/mol. The van der Waals surface area contributed by atoms with Gasteiger partial charge in [0, 0.05) is 25.0 Å². The van der Waals surface area contributed by atoms with Crippen molar-refractivity contribution in [2.75, 3.05) is 24.5 Å². The van der Waals surface area contributed by atoms with E-state index in [9.17, 15) is 0 Å². The summed E-state index contributed by atoms with van der Waals surface area (Å²) in [7, 11) is 0. The highest BCUT2D eigenvalue weighted by molar-refractivity contribution is 7.13. The Morgan fingerprint density at radius 3 is 2.64 bits per heavy atom. The first-order chi connectivity index (χ1) is 6.81. The minimum absolute atomic E-state index is 0.883. The van der Waals surface area contributed by atoms with Crippen molar-refractivity contribution in [1.29, 1.82) is 0 Å². The average molecular weight is 213 g/mol. The second-order valence-corrected chi connectivity index (χ2v) is 3.91. The summed E-state index contributed by atoms with van der Waals surface area (Å²) >= 11 is 1.73. The van der Waals surface area contributed by atoms with Crippen LogP contribution >= 0.6 is 11.3 Å². The zero-order chi connectivity index (χ0) is 10.4. The molecule has 0 saturated heterocycles. The van der Waals surface area contributed by atoms with Crippen molar-refractivity contribution in [2.24, 2.45) is 0 Å². The van der Waals surface area contributed by atoms with Gasteiger partial charge in [0.1, 0.15) is 0 Å². The quantitative estimate of drug-likeness (QED) is 0.784. The predicted octanol–water partition coefficient (Wildman–Crippen LogP) is 2.10. The van der Waals surface area contributed by atoms with Crippen LogP contribution < -0.4 is 10.2 Å².